The normalized spacial score (nSPS) is 9.81. The lowest BCUT2D eigenvalue weighted by molar-refractivity contribution is 0.0697. The van der Waals surface area contributed by atoms with E-state index in [0.29, 0.717) is 5.56 Å². The van der Waals surface area contributed by atoms with Crippen molar-refractivity contribution in [1.29, 1.82) is 0 Å². The van der Waals surface area contributed by atoms with Gasteiger partial charge in [0.25, 0.3) is 0 Å². The van der Waals surface area contributed by atoms with Crippen LogP contribution >= 0.6 is 0 Å². The number of anilines is 1. The third-order valence-electron chi connectivity index (χ3n) is 2.30. The fourth-order valence-electron chi connectivity index (χ4n) is 1.59. The van der Waals surface area contributed by atoms with Crippen LogP contribution in [0.2, 0.25) is 0 Å². The van der Waals surface area contributed by atoms with Crippen LogP contribution in [0.4, 0.5) is 5.69 Å². The van der Waals surface area contributed by atoms with E-state index in [1.165, 1.54) is 0 Å². The van der Waals surface area contributed by atoms with E-state index in [0.717, 1.165) is 25.2 Å². The van der Waals surface area contributed by atoms with Crippen LogP contribution in [0.25, 0.3) is 0 Å². The molecule has 0 saturated carbocycles. The summed E-state index contributed by atoms with van der Waals surface area (Å²) in [5.41, 5.74) is 1.25. The lowest BCUT2D eigenvalue weighted by Crippen LogP contribution is -2.24. The minimum atomic E-state index is -0.892. The van der Waals surface area contributed by atoms with Crippen molar-refractivity contribution in [2.45, 2.75) is 13.3 Å². The van der Waals surface area contributed by atoms with Gasteiger partial charge in [-0.25, -0.2) is 4.79 Å². The zero-order chi connectivity index (χ0) is 12.0. The number of carboxylic acids is 1. The third-order valence-corrected chi connectivity index (χ3v) is 2.30. The summed E-state index contributed by atoms with van der Waals surface area (Å²) in [5, 5.41) is 8.91. The van der Waals surface area contributed by atoms with E-state index >= 15 is 0 Å². The summed E-state index contributed by atoms with van der Waals surface area (Å²) in [5.74, 6) is -0.892. The molecule has 0 saturated heterocycles. The number of benzene rings is 1. The Bertz CT molecular complexity index is 374. The van der Waals surface area contributed by atoms with Crippen LogP contribution in [0.1, 0.15) is 23.7 Å². The molecular weight excluding hydrogens is 202 g/mol. The van der Waals surface area contributed by atoms with Gasteiger partial charge in [-0.05, 0) is 24.6 Å². The third kappa shape index (κ3) is 3.12. The van der Waals surface area contributed by atoms with Crippen molar-refractivity contribution in [3.8, 4) is 0 Å². The molecule has 0 fully saturated rings. The van der Waals surface area contributed by atoms with Crippen LogP contribution in [0.15, 0.2) is 36.9 Å². The molecule has 0 unspecified atom stereocenters. The molecule has 0 atom stereocenters. The van der Waals surface area contributed by atoms with Gasteiger partial charge in [0.1, 0.15) is 0 Å². The van der Waals surface area contributed by atoms with Crippen molar-refractivity contribution in [2.75, 3.05) is 18.0 Å². The Kier molecular flexibility index (Phi) is 4.58. The Morgan fingerprint density at radius 2 is 2.31 bits per heavy atom. The molecule has 0 amide bonds. The molecule has 0 aromatic heterocycles. The minimum Gasteiger partial charge on any atom is -0.478 e. The van der Waals surface area contributed by atoms with Crippen LogP contribution in [0.3, 0.4) is 0 Å². The topological polar surface area (TPSA) is 40.5 Å². The predicted molar refractivity (Wildman–Crippen MR) is 66.1 cm³/mol. The van der Waals surface area contributed by atoms with Crippen LogP contribution in [0, 0.1) is 0 Å². The molecule has 1 rings (SSSR count). The van der Waals surface area contributed by atoms with Crippen molar-refractivity contribution in [1.82, 2.24) is 0 Å². The summed E-state index contributed by atoms with van der Waals surface area (Å²) >= 11 is 0. The van der Waals surface area contributed by atoms with Gasteiger partial charge >= 0.3 is 5.97 Å². The number of rotatable bonds is 6. The molecule has 16 heavy (non-hydrogen) atoms. The van der Waals surface area contributed by atoms with Crippen LogP contribution < -0.4 is 4.90 Å². The molecule has 1 aromatic rings. The van der Waals surface area contributed by atoms with Gasteiger partial charge in [-0.3, -0.25) is 0 Å². The molecule has 0 aliphatic carbocycles. The summed E-state index contributed by atoms with van der Waals surface area (Å²) in [6.07, 6.45) is 2.84. The first-order valence-corrected chi connectivity index (χ1v) is 5.38. The Labute approximate surface area is 96.0 Å². The summed E-state index contributed by atoms with van der Waals surface area (Å²) in [6, 6.07) is 6.99. The van der Waals surface area contributed by atoms with Gasteiger partial charge in [-0.15, -0.1) is 6.58 Å². The second-order valence-corrected chi connectivity index (χ2v) is 3.59. The van der Waals surface area contributed by atoms with E-state index in [1.807, 2.05) is 12.1 Å². The van der Waals surface area contributed by atoms with Gasteiger partial charge in [-0.2, -0.15) is 0 Å². The van der Waals surface area contributed by atoms with Crippen molar-refractivity contribution in [3.63, 3.8) is 0 Å². The molecule has 0 aliphatic rings. The Morgan fingerprint density at radius 3 is 2.88 bits per heavy atom. The van der Waals surface area contributed by atoms with E-state index in [1.54, 1.807) is 18.2 Å². The number of aromatic carboxylic acids is 1. The average Bonchev–Trinajstić information content (AvgIpc) is 2.29. The molecule has 1 aromatic carbocycles. The van der Waals surface area contributed by atoms with Gasteiger partial charge < -0.3 is 10.0 Å². The Balaban J connectivity index is 2.94. The second kappa shape index (κ2) is 5.95. The van der Waals surface area contributed by atoms with E-state index in [-0.39, 0.29) is 0 Å². The smallest absolute Gasteiger partial charge is 0.335 e. The monoisotopic (exact) mass is 219 g/mol. The standard InChI is InChI=1S/C13H17NO2/c1-3-8-14(9-4-2)12-7-5-6-11(10-12)13(15)16/h3,5-7,10H,1,4,8-9H2,2H3,(H,15,16). The first-order valence-electron chi connectivity index (χ1n) is 5.38. The molecule has 1 N–H and O–H groups in total. The minimum absolute atomic E-state index is 0.322. The highest BCUT2D eigenvalue weighted by atomic mass is 16.4. The largest absolute Gasteiger partial charge is 0.478 e. The van der Waals surface area contributed by atoms with Crippen LogP contribution in [0.5, 0.6) is 0 Å². The van der Waals surface area contributed by atoms with E-state index in [9.17, 15) is 4.79 Å². The molecule has 0 radical (unpaired) electrons. The fraction of sp³-hybridized carbons (Fsp3) is 0.308. The molecule has 0 heterocycles. The number of nitrogens with zero attached hydrogens (tertiary/aromatic N) is 1. The lowest BCUT2D eigenvalue weighted by atomic mass is 10.2. The summed E-state index contributed by atoms with van der Waals surface area (Å²) in [6.45, 7) is 7.43. The zero-order valence-corrected chi connectivity index (χ0v) is 9.52. The maximum atomic E-state index is 10.9. The number of hydrogen-bond donors (Lipinski definition) is 1. The highest BCUT2D eigenvalue weighted by molar-refractivity contribution is 5.88. The molecule has 0 aliphatic heterocycles. The van der Waals surface area contributed by atoms with Gasteiger partial charge in [0.15, 0.2) is 0 Å². The second-order valence-electron chi connectivity index (χ2n) is 3.59. The Morgan fingerprint density at radius 1 is 1.56 bits per heavy atom. The number of carbonyl (C=O) groups is 1. The molecular formula is C13H17NO2. The van der Waals surface area contributed by atoms with Gasteiger partial charge in [0.05, 0.1) is 5.56 Å². The van der Waals surface area contributed by atoms with Crippen molar-refractivity contribution in [2.24, 2.45) is 0 Å². The molecule has 3 nitrogen and oxygen atoms in total. The zero-order valence-electron chi connectivity index (χ0n) is 9.52. The first kappa shape index (κ1) is 12.3. The fourth-order valence-corrected chi connectivity index (χ4v) is 1.59. The first-order chi connectivity index (χ1) is 7.69. The Hall–Kier alpha value is -1.77. The maximum absolute atomic E-state index is 10.9. The number of carboxylic acid groups (broad SMARTS) is 1. The molecule has 0 spiro atoms. The number of hydrogen-bond acceptors (Lipinski definition) is 2. The van der Waals surface area contributed by atoms with Crippen molar-refractivity contribution in [3.05, 3.63) is 42.5 Å². The highest BCUT2D eigenvalue weighted by Gasteiger charge is 2.07. The van der Waals surface area contributed by atoms with Crippen molar-refractivity contribution >= 4 is 11.7 Å². The van der Waals surface area contributed by atoms with Gasteiger partial charge in [0, 0.05) is 18.8 Å². The molecule has 3 heteroatoms. The van der Waals surface area contributed by atoms with Gasteiger partial charge in [-0.1, -0.05) is 19.1 Å². The SMILES string of the molecule is C=CCN(CCC)c1cccc(C(=O)O)c1. The maximum Gasteiger partial charge on any atom is 0.335 e. The summed E-state index contributed by atoms with van der Waals surface area (Å²) in [4.78, 5) is 13.0. The van der Waals surface area contributed by atoms with Crippen LogP contribution in [-0.2, 0) is 0 Å². The lowest BCUT2D eigenvalue weighted by Gasteiger charge is -2.22. The van der Waals surface area contributed by atoms with E-state index in [4.69, 9.17) is 5.11 Å². The quantitative estimate of drug-likeness (QED) is 0.748. The van der Waals surface area contributed by atoms with Gasteiger partial charge in [0.2, 0.25) is 0 Å². The summed E-state index contributed by atoms with van der Waals surface area (Å²) < 4.78 is 0. The predicted octanol–water partition coefficient (Wildman–Crippen LogP) is 2.79. The van der Waals surface area contributed by atoms with E-state index in [2.05, 4.69) is 18.4 Å². The van der Waals surface area contributed by atoms with Crippen LogP contribution in [-0.4, -0.2) is 24.2 Å². The molecule has 86 valence electrons. The van der Waals surface area contributed by atoms with Crippen molar-refractivity contribution < 1.29 is 9.90 Å². The average molecular weight is 219 g/mol. The highest BCUT2D eigenvalue weighted by Crippen LogP contribution is 2.16. The summed E-state index contributed by atoms with van der Waals surface area (Å²) in [7, 11) is 0. The van der Waals surface area contributed by atoms with E-state index < -0.39 is 5.97 Å². The molecule has 0 bridgehead atoms.